The van der Waals surface area contributed by atoms with E-state index in [0.29, 0.717) is 0 Å². The van der Waals surface area contributed by atoms with Gasteiger partial charge in [-0.1, -0.05) is 48.5 Å². The molecule has 28 heavy (non-hydrogen) atoms. The fraction of sp³-hybridized carbons (Fsp3) is 0.300. The van der Waals surface area contributed by atoms with Crippen molar-refractivity contribution in [2.24, 2.45) is 10.1 Å². The molecule has 1 aliphatic rings. The second-order valence-electron chi connectivity index (χ2n) is 6.79. The second-order valence-corrected chi connectivity index (χ2v) is 9.30. The Hall–Kier alpha value is -2.71. The number of benzene rings is 2. The molecule has 0 saturated carbocycles. The van der Waals surface area contributed by atoms with E-state index in [0.717, 1.165) is 22.3 Å². The third kappa shape index (κ3) is 4.40. The van der Waals surface area contributed by atoms with Crippen LogP contribution >= 0.6 is 0 Å². The Morgan fingerprint density at radius 2 is 1.68 bits per heavy atom. The molecule has 8 heteroatoms. The van der Waals surface area contributed by atoms with E-state index in [1.807, 2.05) is 48.5 Å². The van der Waals surface area contributed by atoms with Crippen molar-refractivity contribution >= 4 is 21.8 Å². The summed E-state index contributed by atoms with van der Waals surface area (Å²) in [5.74, 6) is -1.39. The van der Waals surface area contributed by atoms with E-state index in [9.17, 15) is 13.8 Å². The lowest BCUT2D eigenvalue weighted by atomic mass is 9.98. The third-order valence-corrected chi connectivity index (χ3v) is 6.26. The fourth-order valence-corrected chi connectivity index (χ4v) is 4.44. The fourth-order valence-electron chi connectivity index (χ4n) is 3.29. The van der Waals surface area contributed by atoms with E-state index in [4.69, 9.17) is 15.6 Å². The molecule has 148 valence electrons. The van der Waals surface area contributed by atoms with Crippen molar-refractivity contribution in [3.8, 4) is 11.1 Å². The maximum Gasteiger partial charge on any atom is 0.441 e. The topological polar surface area (TPSA) is 119 Å². The number of amides is 1. The molecular formula is C20H22N2O5S. The van der Waals surface area contributed by atoms with Crippen LogP contribution in [0.3, 0.4) is 0 Å². The van der Waals surface area contributed by atoms with Gasteiger partial charge in [0.15, 0.2) is 0 Å². The highest BCUT2D eigenvalue weighted by molar-refractivity contribution is 7.93. The first-order valence-corrected chi connectivity index (χ1v) is 10.9. The molecule has 0 heterocycles. The minimum absolute atomic E-state index is 0.0369. The van der Waals surface area contributed by atoms with Crippen LogP contribution in [0.1, 0.15) is 23.5 Å². The smallest absolute Gasteiger partial charge is 0.441 e. The van der Waals surface area contributed by atoms with Gasteiger partial charge in [0.05, 0.1) is 9.73 Å². The van der Waals surface area contributed by atoms with Crippen LogP contribution in [-0.4, -0.2) is 46.0 Å². The Morgan fingerprint density at radius 1 is 1.14 bits per heavy atom. The second kappa shape index (κ2) is 8.12. The van der Waals surface area contributed by atoms with Crippen LogP contribution in [-0.2, 0) is 19.3 Å². The number of ether oxygens (including phenoxy) is 1. The number of rotatable bonds is 6. The Balaban J connectivity index is 1.69. The first-order valence-electron chi connectivity index (χ1n) is 8.81. The van der Waals surface area contributed by atoms with Crippen LogP contribution in [0.15, 0.2) is 52.9 Å². The van der Waals surface area contributed by atoms with Crippen LogP contribution < -0.4 is 5.73 Å². The van der Waals surface area contributed by atoms with Gasteiger partial charge in [0, 0.05) is 17.9 Å². The summed E-state index contributed by atoms with van der Waals surface area (Å²) in [6.07, 6.45) is 0.339. The first kappa shape index (κ1) is 20.0. The summed E-state index contributed by atoms with van der Waals surface area (Å²) >= 11 is 0. The predicted octanol–water partition coefficient (Wildman–Crippen LogP) is 2.84. The number of nitrogens with two attached hydrogens (primary N) is 1. The molecule has 1 amide bonds. The van der Waals surface area contributed by atoms with E-state index >= 15 is 0 Å². The van der Waals surface area contributed by atoms with E-state index in [-0.39, 0.29) is 24.7 Å². The van der Waals surface area contributed by atoms with Gasteiger partial charge in [-0.3, -0.25) is 4.79 Å². The Kier molecular flexibility index (Phi) is 5.81. The van der Waals surface area contributed by atoms with Crippen LogP contribution in [0.25, 0.3) is 11.1 Å². The predicted molar refractivity (Wildman–Crippen MR) is 107 cm³/mol. The quantitative estimate of drug-likeness (QED) is 0.767. The lowest BCUT2D eigenvalue weighted by molar-refractivity contribution is -0.138. The standard InChI is InChI=1S/C20H22N2O5S/c1-28(26,11-10-18(21)19(23)24)22-20(25)27-12-17-15-8-4-2-6-13(15)14-7-3-5-9-16(14)17/h2-9,17-18H,10-12,21H2,1H3,(H,23,24). The molecule has 1 aliphatic carbocycles. The van der Waals surface area contributed by atoms with E-state index in [2.05, 4.69) is 4.36 Å². The summed E-state index contributed by atoms with van der Waals surface area (Å²) in [5.41, 5.74) is 9.76. The zero-order chi connectivity index (χ0) is 20.3. The maximum absolute atomic E-state index is 12.4. The lowest BCUT2D eigenvalue weighted by Crippen LogP contribution is -2.32. The number of hydrogen-bond donors (Lipinski definition) is 2. The van der Waals surface area contributed by atoms with Gasteiger partial charge in [-0.2, -0.15) is 0 Å². The molecule has 2 atom stereocenters. The summed E-state index contributed by atoms with van der Waals surface area (Å²) in [5, 5.41) is 8.79. The van der Waals surface area contributed by atoms with Gasteiger partial charge in [0.2, 0.25) is 0 Å². The molecule has 2 unspecified atom stereocenters. The average molecular weight is 402 g/mol. The molecule has 0 fully saturated rings. The number of carboxylic acid groups (broad SMARTS) is 1. The molecule has 2 aromatic rings. The lowest BCUT2D eigenvalue weighted by Gasteiger charge is -2.13. The van der Waals surface area contributed by atoms with Gasteiger partial charge in [0.25, 0.3) is 0 Å². The Bertz CT molecular complexity index is 981. The monoisotopic (exact) mass is 402 g/mol. The molecular weight excluding hydrogens is 380 g/mol. The number of carbonyl (C=O) groups is 2. The summed E-state index contributed by atoms with van der Waals surface area (Å²) < 4.78 is 21.3. The molecule has 2 aromatic carbocycles. The van der Waals surface area contributed by atoms with Crippen LogP contribution in [0.2, 0.25) is 0 Å². The van der Waals surface area contributed by atoms with E-state index in [1.54, 1.807) is 0 Å². The highest BCUT2D eigenvalue weighted by Gasteiger charge is 2.29. The summed E-state index contributed by atoms with van der Waals surface area (Å²) in [7, 11) is -2.92. The van der Waals surface area contributed by atoms with Crippen molar-refractivity contribution < 1.29 is 23.6 Å². The number of aliphatic carboxylic acids is 1. The normalized spacial score (nSPS) is 15.8. The van der Waals surface area contributed by atoms with Crippen molar-refractivity contribution in [1.82, 2.24) is 0 Å². The Morgan fingerprint density at radius 3 is 2.21 bits per heavy atom. The molecule has 0 bridgehead atoms. The molecule has 0 aliphatic heterocycles. The number of hydrogen-bond acceptors (Lipinski definition) is 5. The van der Waals surface area contributed by atoms with Gasteiger partial charge < -0.3 is 15.6 Å². The molecule has 3 N–H and O–H groups in total. The first-order chi connectivity index (χ1) is 13.3. The summed E-state index contributed by atoms with van der Waals surface area (Å²) in [4.78, 5) is 22.9. The summed E-state index contributed by atoms with van der Waals surface area (Å²) in [6.45, 7) is 0.0838. The van der Waals surface area contributed by atoms with Gasteiger partial charge in [-0.15, -0.1) is 4.36 Å². The molecule has 3 rings (SSSR count). The average Bonchev–Trinajstić information content (AvgIpc) is 2.98. The Labute approximate surface area is 163 Å². The number of carboxylic acids is 1. The van der Waals surface area contributed by atoms with Crippen molar-refractivity contribution in [3.63, 3.8) is 0 Å². The van der Waals surface area contributed by atoms with E-state index < -0.39 is 27.8 Å². The maximum atomic E-state index is 12.4. The molecule has 0 aromatic heterocycles. The number of nitrogens with zero attached hydrogens (tertiary/aromatic N) is 1. The van der Waals surface area contributed by atoms with Gasteiger partial charge in [-0.25, -0.2) is 9.00 Å². The van der Waals surface area contributed by atoms with Crippen LogP contribution in [0.4, 0.5) is 4.79 Å². The number of carbonyl (C=O) groups excluding carboxylic acids is 1. The molecule has 0 spiro atoms. The van der Waals surface area contributed by atoms with Gasteiger partial charge >= 0.3 is 12.1 Å². The number of fused-ring (bicyclic) bond motifs is 3. The highest BCUT2D eigenvalue weighted by Crippen LogP contribution is 2.44. The minimum Gasteiger partial charge on any atom is -0.480 e. The van der Waals surface area contributed by atoms with Crippen molar-refractivity contribution in [3.05, 3.63) is 59.7 Å². The highest BCUT2D eigenvalue weighted by atomic mass is 32.2. The third-order valence-electron chi connectivity index (χ3n) is 4.73. The zero-order valence-corrected chi connectivity index (χ0v) is 16.2. The van der Waals surface area contributed by atoms with Crippen LogP contribution in [0, 0.1) is 0 Å². The van der Waals surface area contributed by atoms with Crippen molar-refractivity contribution in [2.45, 2.75) is 18.4 Å². The minimum atomic E-state index is -2.92. The van der Waals surface area contributed by atoms with Crippen LogP contribution in [0.5, 0.6) is 0 Å². The molecule has 0 saturated heterocycles. The summed E-state index contributed by atoms with van der Waals surface area (Å²) in [6, 6.07) is 14.7. The van der Waals surface area contributed by atoms with Gasteiger partial charge in [0.1, 0.15) is 12.6 Å². The molecule has 7 nitrogen and oxygen atoms in total. The van der Waals surface area contributed by atoms with Crippen molar-refractivity contribution in [1.29, 1.82) is 0 Å². The SMILES string of the molecule is CS(=O)(CCC(N)C(=O)O)=NC(=O)OCC1c2ccccc2-c2ccccc21. The van der Waals surface area contributed by atoms with Gasteiger partial charge in [-0.05, 0) is 28.7 Å². The zero-order valence-electron chi connectivity index (χ0n) is 15.4. The molecule has 0 radical (unpaired) electrons. The largest absolute Gasteiger partial charge is 0.480 e. The van der Waals surface area contributed by atoms with Crippen molar-refractivity contribution in [2.75, 3.05) is 18.6 Å². The van der Waals surface area contributed by atoms with E-state index in [1.165, 1.54) is 6.26 Å².